The first kappa shape index (κ1) is 88.9. The SMILES string of the molecule is CCCC1CCC(C2CCC(c3ccc(OCC)c(Cl)c3F)CC2)CC1.CCCC1CCC(C2CCC(c3ccc(OCC)c(F)c3Cl)CC2)CC1.CCCCCC1CCC(C2CCC(c3ccc(OCC)c(Cl)c3F)CC2)CC1.CCCCCC1CCC(C2CCC(c3ccc(OCC)c(F)c3Cl)CC2)CC1. The van der Waals surface area contributed by atoms with Gasteiger partial charge in [0, 0.05) is 0 Å². The van der Waals surface area contributed by atoms with Gasteiger partial charge in [0.1, 0.15) is 33.2 Å². The Bertz CT molecular complexity index is 2980. The van der Waals surface area contributed by atoms with Crippen LogP contribution in [0.2, 0.25) is 20.1 Å². The van der Waals surface area contributed by atoms with Crippen molar-refractivity contribution in [2.75, 3.05) is 26.4 Å². The molecule has 0 unspecified atom stereocenters. The molecule has 0 amide bonds. The van der Waals surface area contributed by atoms with Crippen LogP contribution in [0.15, 0.2) is 48.5 Å². The van der Waals surface area contributed by atoms with Gasteiger partial charge in [-0.05, 0) is 323 Å². The maximum absolute atomic E-state index is 14.8. The predicted molar refractivity (Wildman–Crippen MR) is 449 cm³/mol. The highest BCUT2D eigenvalue weighted by Crippen LogP contribution is 2.52. The van der Waals surface area contributed by atoms with Crippen molar-refractivity contribution in [2.45, 2.75) is 362 Å². The van der Waals surface area contributed by atoms with Crippen LogP contribution in [0.1, 0.15) is 384 Å². The summed E-state index contributed by atoms with van der Waals surface area (Å²) >= 11 is 25.1. The summed E-state index contributed by atoms with van der Waals surface area (Å²) in [6.07, 6.45) is 58.7. The van der Waals surface area contributed by atoms with Crippen LogP contribution in [0, 0.1) is 94.3 Å². The summed E-state index contributed by atoms with van der Waals surface area (Å²) in [7, 11) is 0. The van der Waals surface area contributed by atoms with E-state index in [2.05, 4.69) is 27.7 Å². The lowest BCUT2D eigenvalue weighted by Crippen LogP contribution is -2.25. The van der Waals surface area contributed by atoms with E-state index in [4.69, 9.17) is 65.4 Å². The van der Waals surface area contributed by atoms with Gasteiger partial charge in [0.2, 0.25) is 0 Å². The molecule has 4 aromatic rings. The summed E-state index contributed by atoms with van der Waals surface area (Å²) in [4.78, 5) is 0. The summed E-state index contributed by atoms with van der Waals surface area (Å²) in [6.45, 7) is 18.6. The minimum Gasteiger partial charge on any atom is -0.492 e. The minimum absolute atomic E-state index is 0.153. The van der Waals surface area contributed by atoms with Crippen LogP contribution < -0.4 is 18.9 Å². The molecule has 0 aromatic heterocycles. The molecule has 0 N–H and O–H groups in total. The quantitative estimate of drug-likeness (QED) is 0.0419. The highest BCUT2D eigenvalue weighted by atomic mass is 35.5. The lowest BCUT2D eigenvalue weighted by atomic mass is 9.68. The normalized spacial score (nSPS) is 28.9. The largest absolute Gasteiger partial charge is 0.492 e. The fourth-order valence-electron chi connectivity index (χ4n) is 22.1. The number of unbranched alkanes of at least 4 members (excludes halogenated alkanes) is 4. The smallest absolute Gasteiger partial charge is 0.183 e. The van der Waals surface area contributed by atoms with Gasteiger partial charge in [-0.1, -0.05) is 227 Å². The first-order valence-electron chi connectivity index (χ1n) is 45.0. The van der Waals surface area contributed by atoms with Gasteiger partial charge in [-0.2, -0.15) is 0 Å². The van der Waals surface area contributed by atoms with E-state index in [9.17, 15) is 17.6 Å². The standard InChI is InChI=1S/2C25H38ClFO.2C23H34ClFO/c1-3-5-6-7-18-8-10-19(11-9-18)20-12-14-21(15-13-20)22-16-17-23(28-4-2)24(26)25(22)27;1-3-5-6-7-18-8-10-19(11-9-18)20-12-14-21(15-13-20)22-16-17-23(28-4-2)25(27)24(22)26;1-3-5-16-6-8-17(9-7-16)18-10-12-19(13-11-18)20-14-15-21(26-4-2)22(24)23(20)25;1-3-5-16-6-8-17(9-7-16)18-10-12-19(13-11-18)20-14-15-21(26-4-2)23(25)22(20)24/h2*16-21H,3-15H2,1-2H3;2*14-19H,3-13H2,1-2H3. The van der Waals surface area contributed by atoms with Crippen molar-refractivity contribution in [3.05, 3.63) is 114 Å². The maximum Gasteiger partial charge on any atom is 0.183 e. The second kappa shape index (κ2) is 47.1. The molecule has 8 aliphatic rings. The van der Waals surface area contributed by atoms with Gasteiger partial charge >= 0.3 is 0 Å². The first-order chi connectivity index (χ1) is 52.5. The van der Waals surface area contributed by atoms with Crippen LogP contribution >= 0.6 is 46.4 Å². The van der Waals surface area contributed by atoms with Gasteiger partial charge in [-0.25, -0.2) is 17.6 Å². The first-order valence-corrected chi connectivity index (χ1v) is 46.5. The Morgan fingerprint density at radius 3 is 0.713 bits per heavy atom. The zero-order chi connectivity index (χ0) is 76.9. The Hall–Kier alpha value is -3.04. The van der Waals surface area contributed by atoms with E-state index in [1.54, 1.807) is 12.1 Å². The zero-order valence-corrected chi connectivity index (χ0v) is 71.5. The van der Waals surface area contributed by atoms with Crippen molar-refractivity contribution < 1.29 is 36.5 Å². The summed E-state index contributed by atoms with van der Waals surface area (Å²) in [5.41, 5.74) is 3.56. The van der Waals surface area contributed by atoms with Gasteiger partial charge in [-0.15, -0.1) is 0 Å². The highest BCUT2D eigenvalue weighted by molar-refractivity contribution is 6.33. The van der Waals surface area contributed by atoms with Crippen LogP contribution in [0.5, 0.6) is 23.0 Å². The second-order valence-corrected chi connectivity index (χ2v) is 36.5. The van der Waals surface area contributed by atoms with Crippen LogP contribution in [0.25, 0.3) is 0 Å². The van der Waals surface area contributed by atoms with Crippen LogP contribution in [0.3, 0.4) is 0 Å². The third-order valence-corrected chi connectivity index (χ3v) is 29.9. The van der Waals surface area contributed by atoms with Crippen LogP contribution in [-0.2, 0) is 0 Å². The molecule has 608 valence electrons. The molecule has 12 rings (SSSR count). The molecule has 0 aliphatic heterocycles. The molecule has 4 aromatic carbocycles. The summed E-state index contributed by atoms with van der Waals surface area (Å²) in [6, 6.07) is 15.0. The molecule has 4 nitrogen and oxygen atoms in total. The Labute approximate surface area is 674 Å². The molecule has 0 bridgehead atoms. The number of hydrogen-bond acceptors (Lipinski definition) is 4. The maximum atomic E-state index is 14.8. The average molecular weight is 1580 g/mol. The van der Waals surface area contributed by atoms with E-state index in [1.165, 1.54) is 231 Å². The van der Waals surface area contributed by atoms with Gasteiger partial charge in [0.25, 0.3) is 0 Å². The summed E-state index contributed by atoms with van der Waals surface area (Å²) < 4.78 is 79.9. The van der Waals surface area contributed by atoms with E-state index < -0.39 is 0 Å². The molecular formula is C96H144Cl4F4O4. The summed E-state index contributed by atoms with van der Waals surface area (Å²) in [5.74, 6) is 12.7. The molecular weight excluding hydrogens is 1430 g/mol. The van der Waals surface area contributed by atoms with Gasteiger partial charge in [0.15, 0.2) is 23.1 Å². The fraction of sp³-hybridized carbons (Fsp3) is 0.750. The Morgan fingerprint density at radius 1 is 0.241 bits per heavy atom. The molecule has 0 radical (unpaired) electrons. The topological polar surface area (TPSA) is 36.9 Å². The molecule has 8 fully saturated rings. The van der Waals surface area contributed by atoms with E-state index >= 15 is 0 Å². The Balaban J connectivity index is 0.000000166. The number of rotatable bonds is 28. The Kier molecular flexibility index (Phi) is 38.8. The van der Waals surface area contributed by atoms with Gasteiger partial charge in [0.05, 0.1) is 36.5 Å². The molecule has 8 aliphatic carbocycles. The van der Waals surface area contributed by atoms with E-state index in [0.29, 0.717) is 61.6 Å². The molecule has 0 spiro atoms. The molecule has 8 saturated carbocycles. The van der Waals surface area contributed by atoms with Gasteiger partial charge < -0.3 is 18.9 Å². The van der Waals surface area contributed by atoms with Crippen LogP contribution in [-0.4, -0.2) is 26.4 Å². The minimum atomic E-state index is -0.387. The lowest BCUT2D eigenvalue weighted by Gasteiger charge is -2.38. The Morgan fingerprint density at radius 2 is 0.463 bits per heavy atom. The number of hydrogen-bond donors (Lipinski definition) is 0. The van der Waals surface area contributed by atoms with Crippen molar-refractivity contribution >= 4 is 46.4 Å². The third-order valence-electron chi connectivity index (χ3n) is 28.4. The second-order valence-electron chi connectivity index (χ2n) is 35.0. The molecule has 0 heterocycles. The van der Waals surface area contributed by atoms with E-state index in [0.717, 1.165) is 145 Å². The van der Waals surface area contributed by atoms with Crippen molar-refractivity contribution in [2.24, 2.45) is 71.0 Å². The zero-order valence-electron chi connectivity index (χ0n) is 68.5. The van der Waals surface area contributed by atoms with Crippen molar-refractivity contribution in [1.29, 1.82) is 0 Å². The summed E-state index contributed by atoms with van der Waals surface area (Å²) in [5, 5.41) is 0.866. The molecule has 12 heteroatoms. The van der Waals surface area contributed by atoms with E-state index in [1.807, 2.05) is 64.1 Å². The number of benzene rings is 4. The predicted octanol–water partition coefficient (Wildman–Crippen LogP) is 32.6. The van der Waals surface area contributed by atoms with Crippen LogP contribution in [0.4, 0.5) is 17.6 Å². The van der Waals surface area contributed by atoms with E-state index in [-0.39, 0.29) is 54.9 Å². The molecule has 108 heavy (non-hydrogen) atoms. The van der Waals surface area contributed by atoms with Crippen molar-refractivity contribution in [3.8, 4) is 23.0 Å². The van der Waals surface area contributed by atoms with Gasteiger partial charge in [-0.3, -0.25) is 0 Å². The van der Waals surface area contributed by atoms with Crippen molar-refractivity contribution in [3.63, 3.8) is 0 Å². The third kappa shape index (κ3) is 25.5. The average Bonchev–Trinajstić information content (AvgIpc) is 0.820. The van der Waals surface area contributed by atoms with Crippen molar-refractivity contribution in [1.82, 2.24) is 0 Å². The number of ether oxygens (including phenoxy) is 4. The number of halogens is 8. The monoisotopic (exact) mass is 1580 g/mol. The fourth-order valence-corrected chi connectivity index (χ4v) is 23.2. The highest BCUT2D eigenvalue weighted by Gasteiger charge is 2.38. The molecule has 0 atom stereocenters. The molecule has 0 saturated heterocycles. The lowest BCUT2D eigenvalue weighted by molar-refractivity contribution is 0.155.